The van der Waals surface area contributed by atoms with Gasteiger partial charge in [0.05, 0.1) is 21.4 Å². The minimum atomic E-state index is -0.151. The van der Waals surface area contributed by atoms with Crippen molar-refractivity contribution in [1.29, 1.82) is 0 Å². The number of hydrogen-bond acceptors (Lipinski definition) is 3. The molecule has 1 amide bonds. The Labute approximate surface area is 155 Å². The van der Waals surface area contributed by atoms with E-state index < -0.39 is 0 Å². The van der Waals surface area contributed by atoms with Crippen molar-refractivity contribution in [3.05, 3.63) is 57.5 Å². The molecule has 0 saturated heterocycles. The highest BCUT2D eigenvalue weighted by Crippen LogP contribution is 2.28. The van der Waals surface area contributed by atoms with Gasteiger partial charge in [-0.05, 0) is 25.1 Å². The smallest absolute Gasteiger partial charge is 0.271 e. The molecule has 0 aliphatic rings. The number of carbonyl (C=O) groups is 1. The Bertz CT molecular complexity index is 931. The minimum absolute atomic E-state index is 0.151. The molecule has 0 fully saturated rings. The van der Waals surface area contributed by atoms with Crippen LogP contribution < -0.4 is 0 Å². The van der Waals surface area contributed by atoms with Crippen molar-refractivity contribution in [2.75, 3.05) is 7.05 Å². The van der Waals surface area contributed by atoms with Crippen LogP contribution in [0.4, 0.5) is 0 Å². The number of benzene rings is 1. The minimum Gasteiger partial charge on any atom is -0.336 e. The lowest BCUT2D eigenvalue weighted by Crippen LogP contribution is -2.26. The van der Waals surface area contributed by atoms with Gasteiger partial charge in [0.2, 0.25) is 0 Å². The average molecular weight is 378 g/mol. The molecule has 0 saturated carbocycles. The number of nitrogens with zero attached hydrogens (tertiary/aromatic N) is 4. The van der Waals surface area contributed by atoms with Crippen LogP contribution in [-0.2, 0) is 13.6 Å². The number of amides is 1. The summed E-state index contributed by atoms with van der Waals surface area (Å²) in [6, 6.07) is 6.93. The van der Waals surface area contributed by atoms with Gasteiger partial charge in [-0.15, -0.1) is 0 Å². The number of H-pyrrole nitrogens is 1. The third-order valence-corrected chi connectivity index (χ3v) is 4.63. The number of carbonyl (C=O) groups excluding carboxylic acids is 1. The van der Waals surface area contributed by atoms with Crippen LogP contribution in [0, 0.1) is 6.92 Å². The topological polar surface area (TPSA) is 66.8 Å². The number of hydrogen-bond donors (Lipinski definition) is 1. The van der Waals surface area contributed by atoms with Crippen molar-refractivity contribution in [2.45, 2.75) is 13.5 Å². The van der Waals surface area contributed by atoms with Gasteiger partial charge in [-0.25, -0.2) is 0 Å². The Morgan fingerprint density at radius 1 is 1.28 bits per heavy atom. The second-order valence-corrected chi connectivity index (χ2v) is 6.68. The Balaban J connectivity index is 1.77. The van der Waals surface area contributed by atoms with Crippen molar-refractivity contribution < 1.29 is 4.79 Å². The molecule has 2 heterocycles. The van der Waals surface area contributed by atoms with E-state index in [1.807, 2.05) is 20.2 Å². The van der Waals surface area contributed by atoms with E-state index in [0.717, 1.165) is 16.8 Å². The van der Waals surface area contributed by atoms with Gasteiger partial charge in [-0.1, -0.05) is 29.3 Å². The van der Waals surface area contributed by atoms with E-state index >= 15 is 0 Å². The molecule has 1 aromatic carbocycles. The summed E-state index contributed by atoms with van der Waals surface area (Å²) in [7, 11) is 3.60. The molecule has 3 aromatic rings. The first-order valence-electron chi connectivity index (χ1n) is 7.60. The first-order chi connectivity index (χ1) is 11.8. The third kappa shape index (κ3) is 3.70. The molecule has 0 radical (unpaired) electrons. The molecule has 8 heteroatoms. The van der Waals surface area contributed by atoms with E-state index in [2.05, 4.69) is 15.3 Å². The Morgan fingerprint density at radius 3 is 2.68 bits per heavy atom. The number of aryl methyl sites for hydroxylation is 2. The lowest BCUT2D eigenvalue weighted by atomic mass is 10.1. The molecule has 0 aliphatic heterocycles. The maximum Gasteiger partial charge on any atom is 0.271 e. The highest BCUT2D eigenvalue weighted by Gasteiger charge is 2.17. The Kier molecular flexibility index (Phi) is 4.83. The van der Waals surface area contributed by atoms with Crippen molar-refractivity contribution in [2.24, 2.45) is 7.05 Å². The summed E-state index contributed by atoms with van der Waals surface area (Å²) in [6.07, 6.45) is 1.91. The van der Waals surface area contributed by atoms with Crippen LogP contribution in [0.15, 0.2) is 30.5 Å². The fourth-order valence-electron chi connectivity index (χ4n) is 2.57. The molecule has 130 valence electrons. The molecule has 0 unspecified atom stereocenters. The quantitative estimate of drug-likeness (QED) is 0.753. The van der Waals surface area contributed by atoms with Crippen molar-refractivity contribution in [3.63, 3.8) is 0 Å². The van der Waals surface area contributed by atoms with Crippen LogP contribution in [0.1, 0.15) is 21.7 Å². The van der Waals surface area contributed by atoms with Crippen molar-refractivity contribution in [3.8, 4) is 11.3 Å². The second kappa shape index (κ2) is 6.90. The summed E-state index contributed by atoms with van der Waals surface area (Å²) >= 11 is 12.0. The lowest BCUT2D eigenvalue weighted by molar-refractivity contribution is 0.0779. The van der Waals surface area contributed by atoms with E-state index in [4.69, 9.17) is 23.2 Å². The molecule has 25 heavy (non-hydrogen) atoms. The van der Waals surface area contributed by atoms with E-state index in [9.17, 15) is 4.79 Å². The van der Waals surface area contributed by atoms with Gasteiger partial charge in [-0.2, -0.15) is 10.2 Å². The lowest BCUT2D eigenvalue weighted by Gasteiger charge is -2.15. The molecule has 3 rings (SSSR count). The molecule has 0 atom stereocenters. The molecule has 0 bridgehead atoms. The number of halogens is 2. The summed E-state index contributed by atoms with van der Waals surface area (Å²) in [5.74, 6) is -0.151. The highest BCUT2D eigenvalue weighted by atomic mass is 35.5. The summed E-state index contributed by atoms with van der Waals surface area (Å²) in [5.41, 5.74) is 3.74. The number of rotatable bonds is 4. The van der Waals surface area contributed by atoms with Crippen LogP contribution in [-0.4, -0.2) is 37.8 Å². The van der Waals surface area contributed by atoms with E-state index in [0.29, 0.717) is 28.0 Å². The molecular weight excluding hydrogens is 361 g/mol. The molecular formula is C17H17Cl2N5O. The van der Waals surface area contributed by atoms with Gasteiger partial charge < -0.3 is 4.90 Å². The molecule has 2 aromatic heterocycles. The predicted molar refractivity (Wildman–Crippen MR) is 97.8 cm³/mol. The highest BCUT2D eigenvalue weighted by molar-refractivity contribution is 6.42. The fraction of sp³-hybridized carbons (Fsp3) is 0.235. The van der Waals surface area contributed by atoms with Crippen LogP contribution in [0.25, 0.3) is 11.3 Å². The van der Waals surface area contributed by atoms with Crippen LogP contribution in [0.3, 0.4) is 0 Å². The normalized spacial score (nSPS) is 10.9. The van der Waals surface area contributed by atoms with Crippen molar-refractivity contribution in [1.82, 2.24) is 24.9 Å². The maximum atomic E-state index is 12.6. The summed E-state index contributed by atoms with van der Waals surface area (Å²) in [4.78, 5) is 14.2. The summed E-state index contributed by atoms with van der Waals surface area (Å²) in [5, 5.41) is 12.2. The second-order valence-electron chi connectivity index (χ2n) is 5.87. The van der Waals surface area contributed by atoms with Crippen LogP contribution in [0.2, 0.25) is 10.0 Å². The van der Waals surface area contributed by atoms with Gasteiger partial charge in [0, 0.05) is 38.0 Å². The zero-order chi connectivity index (χ0) is 18.1. The van der Waals surface area contributed by atoms with Gasteiger partial charge in [0.15, 0.2) is 0 Å². The zero-order valence-electron chi connectivity index (χ0n) is 14.0. The van der Waals surface area contributed by atoms with E-state index in [1.165, 1.54) is 0 Å². The summed E-state index contributed by atoms with van der Waals surface area (Å²) in [6.45, 7) is 2.39. The Hall–Kier alpha value is -2.31. The molecule has 0 spiro atoms. The number of nitrogens with one attached hydrogen (secondary N) is 1. The van der Waals surface area contributed by atoms with Gasteiger partial charge in [-0.3, -0.25) is 14.6 Å². The first-order valence-corrected chi connectivity index (χ1v) is 8.36. The van der Waals surface area contributed by atoms with Crippen LogP contribution >= 0.6 is 23.2 Å². The fourth-order valence-corrected chi connectivity index (χ4v) is 2.87. The molecule has 0 aliphatic carbocycles. The largest absolute Gasteiger partial charge is 0.336 e. The van der Waals surface area contributed by atoms with Gasteiger partial charge in [0.25, 0.3) is 5.91 Å². The Morgan fingerprint density at radius 2 is 2.04 bits per heavy atom. The maximum absolute atomic E-state index is 12.6. The number of aromatic nitrogens is 4. The monoisotopic (exact) mass is 377 g/mol. The SMILES string of the molecule is Cc1nn(C)cc1CN(C)C(=O)c1cc(-c2ccc(Cl)c(Cl)c2)n[nH]1. The van der Waals surface area contributed by atoms with E-state index in [1.54, 1.807) is 40.9 Å². The van der Waals surface area contributed by atoms with E-state index in [-0.39, 0.29) is 5.91 Å². The predicted octanol–water partition coefficient (Wildman–Crippen LogP) is 3.70. The third-order valence-electron chi connectivity index (χ3n) is 3.89. The average Bonchev–Trinajstić information content (AvgIpc) is 3.16. The molecule has 6 nitrogen and oxygen atoms in total. The van der Waals surface area contributed by atoms with Gasteiger partial charge in [0.1, 0.15) is 5.69 Å². The van der Waals surface area contributed by atoms with Crippen molar-refractivity contribution >= 4 is 29.1 Å². The first kappa shape index (κ1) is 17.5. The molecule has 1 N–H and O–H groups in total. The number of aromatic amines is 1. The standard InChI is InChI=1S/C17H17Cl2N5O/c1-10-12(9-24(3)22-10)8-23(2)17(25)16-7-15(20-21-16)11-4-5-13(18)14(19)6-11/h4-7,9H,8H2,1-3H3,(H,20,21). The summed E-state index contributed by atoms with van der Waals surface area (Å²) < 4.78 is 1.74. The van der Waals surface area contributed by atoms with Gasteiger partial charge >= 0.3 is 0 Å². The zero-order valence-corrected chi connectivity index (χ0v) is 15.6. The van der Waals surface area contributed by atoms with Crippen LogP contribution in [0.5, 0.6) is 0 Å².